The van der Waals surface area contributed by atoms with Crippen molar-refractivity contribution in [1.29, 1.82) is 0 Å². The summed E-state index contributed by atoms with van der Waals surface area (Å²) in [6, 6.07) is 5.37. The quantitative estimate of drug-likeness (QED) is 0.684. The number of para-hydroxylation sites is 1. The zero-order chi connectivity index (χ0) is 15.8. The van der Waals surface area contributed by atoms with Crippen molar-refractivity contribution in [2.24, 2.45) is 12.2 Å². The summed E-state index contributed by atoms with van der Waals surface area (Å²) in [4.78, 5) is -0.592. The normalized spacial score (nSPS) is 12.3. The average molecular weight is 331 g/mol. The highest BCUT2D eigenvalue weighted by Gasteiger charge is 2.23. The molecule has 11 heteroatoms. The maximum absolute atomic E-state index is 12.2. The molecule has 1 heterocycles. The van der Waals surface area contributed by atoms with E-state index < -0.39 is 20.0 Å². The lowest BCUT2D eigenvalue weighted by Gasteiger charge is -2.10. The highest BCUT2D eigenvalue weighted by molar-refractivity contribution is 7.93. The van der Waals surface area contributed by atoms with E-state index in [0.717, 1.165) is 0 Å². The van der Waals surface area contributed by atoms with Gasteiger partial charge in [0.05, 0.1) is 5.69 Å². The maximum atomic E-state index is 12.2. The molecule has 2 aromatic rings. The molecule has 0 fully saturated rings. The molecule has 0 aliphatic heterocycles. The monoisotopic (exact) mass is 331 g/mol. The van der Waals surface area contributed by atoms with Crippen molar-refractivity contribution < 1.29 is 16.8 Å². The highest BCUT2D eigenvalue weighted by Crippen LogP contribution is 2.24. The molecule has 9 nitrogen and oxygen atoms in total. The minimum Gasteiger partial charge on any atom is -0.381 e. The predicted molar refractivity (Wildman–Crippen MR) is 76.2 cm³/mol. The van der Waals surface area contributed by atoms with Gasteiger partial charge in [-0.05, 0) is 12.1 Å². The van der Waals surface area contributed by atoms with Crippen molar-refractivity contribution in [3.05, 3.63) is 30.5 Å². The molecule has 0 saturated carbocycles. The number of nitrogens with two attached hydrogens (primary N) is 2. The van der Waals surface area contributed by atoms with Crippen LogP contribution in [-0.4, -0.2) is 26.6 Å². The Bertz CT molecular complexity index is 886. The van der Waals surface area contributed by atoms with Gasteiger partial charge >= 0.3 is 0 Å². The molecule has 114 valence electrons. The van der Waals surface area contributed by atoms with E-state index >= 15 is 0 Å². The van der Waals surface area contributed by atoms with E-state index in [2.05, 4.69) is 9.82 Å². The van der Waals surface area contributed by atoms with Crippen molar-refractivity contribution in [1.82, 2.24) is 9.78 Å². The summed E-state index contributed by atoms with van der Waals surface area (Å²) in [5.41, 5.74) is 5.35. The van der Waals surface area contributed by atoms with Crippen LogP contribution < -0.4 is 15.6 Å². The first-order valence-electron chi connectivity index (χ1n) is 5.55. The molecule has 1 aromatic heterocycles. The third-order valence-electron chi connectivity index (χ3n) is 2.55. The Labute approximate surface area is 121 Å². The van der Waals surface area contributed by atoms with Crippen LogP contribution in [-0.2, 0) is 27.1 Å². The largest absolute Gasteiger partial charge is 0.381 e. The van der Waals surface area contributed by atoms with Gasteiger partial charge < -0.3 is 5.73 Å². The number of primary sulfonamides is 1. The zero-order valence-electron chi connectivity index (χ0n) is 10.9. The second-order valence-corrected chi connectivity index (χ2v) is 7.38. The molecule has 0 aliphatic rings. The van der Waals surface area contributed by atoms with E-state index in [9.17, 15) is 16.8 Å². The number of aromatic nitrogens is 2. The molecule has 0 aliphatic carbocycles. The van der Waals surface area contributed by atoms with Gasteiger partial charge in [0.1, 0.15) is 9.79 Å². The van der Waals surface area contributed by atoms with Gasteiger partial charge in [0, 0.05) is 13.2 Å². The standard InChI is InChI=1S/C10H13N5O4S2/c1-15-6-9(10(11)13-15)21(18,19)14-7-4-2-3-5-8(7)20(12,16)17/h2-6,14H,1H3,(H2,11,13)(H2,12,16,17). The van der Waals surface area contributed by atoms with Crippen LogP contribution in [0.3, 0.4) is 0 Å². The zero-order valence-corrected chi connectivity index (χ0v) is 12.5. The number of nitrogens with one attached hydrogen (secondary N) is 1. The number of nitrogens with zero attached hydrogens (tertiary/aromatic N) is 2. The second kappa shape index (κ2) is 5.02. The van der Waals surface area contributed by atoms with Crippen LogP contribution in [0.15, 0.2) is 40.3 Å². The van der Waals surface area contributed by atoms with E-state index in [0.29, 0.717) is 0 Å². The van der Waals surface area contributed by atoms with Crippen LogP contribution in [0.25, 0.3) is 0 Å². The first-order chi connectivity index (χ1) is 9.61. The van der Waals surface area contributed by atoms with Gasteiger partial charge in [0.2, 0.25) is 10.0 Å². The number of hydrogen-bond donors (Lipinski definition) is 3. The van der Waals surface area contributed by atoms with Crippen molar-refractivity contribution in [3.63, 3.8) is 0 Å². The molecular weight excluding hydrogens is 318 g/mol. The SMILES string of the molecule is Cn1cc(S(=O)(=O)Nc2ccccc2S(N)(=O)=O)c(N)n1. The highest BCUT2D eigenvalue weighted by atomic mass is 32.2. The van der Waals surface area contributed by atoms with Gasteiger partial charge in [-0.2, -0.15) is 5.10 Å². The first-order valence-corrected chi connectivity index (χ1v) is 8.58. The molecular formula is C10H13N5O4S2. The fraction of sp³-hybridized carbons (Fsp3) is 0.100. The van der Waals surface area contributed by atoms with Gasteiger partial charge in [-0.15, -0.1) is 0 Å². The smallest absolute Gasteiger partial charge is 0.267 e. The first kappa shape index (κ1) is 15.3. The van der Waals surface area contributed by atoms with Crippen molar-refractivity contribution in [3.8, 4) is 0 Å². The number of rotatable bonds is 4. The van der Waals surface area contributed by atoms with Crippen molar-refractivity contribution in [2.45, 2.75) is 9.79 Å². The number of benzene rings is 1. The van der Waals surface area contributed by atoms with Crippen molar-refractivity contribution in [2.75, 3.05) is 10.5 Å². The average Bonchev–Trinajstić information content (AvgIpc) is 2.68. The molecule has 0 atom stereocenters. The summed E-state index contributed by atoms with van der Waals surface area (Å²) in [5, 5.41) is 8.77. The Morgan fingerprint density at radius 3 is 2.29 bits per heavy atom. The minimum absolute atomic E-state index is 0.164. The molecule has 5 N–H and O–H groups in total. The van der Waals surface area contributed by atoms with Crippen LogP contribution in [0, 0.1) is 0 Å². The summed E-state index contributed by atoms with van der Waals surface area (Å²) in [7, 11) is -6.65. The Morgan fingerprint density at radius 1 is 1.14 bits per heavy atom. The fourth-order valence-corrected chi connectivity index (χ4v) is 3.63. The van der Waals surface area contributed by atoms with E-state index in [1.54, 1.807) is 0 Å². The van der Waals surface area contributed by atoms with Crippen LogP contribution in [0.4, 0.5) is 11.5 Å². The van der Waals surface area contributed by atoms with Gasteiger partial charge in [-0.25, -0.2) is 22.0 Å². The Morgan fingerprint density at radius 2 is 1.76 bits per heavy atom. The van der Waals surface area contributed by atoms with Crippen molar-refractivity contribution >= 4 is 31.6 Å². The molecule has 0 unspecified atom stereocenters. The lowest BCUT2D eigenvalue weighted by molar-refractivity contribution is 0.598. The Hall–Kier alpha value is -2.11. The van der Waals surface area contributed by atoms with E-state index in [4.69, 9.17) is 10.9 Å². The van der Waals surface area contributed by atoms with Crippen LogP contribution in [0.2, 0.25) is 0 Å². The number of nitrogen functional groups attached to an aromatic ring is 1. The third kappa shape index (κ3) is 3.15. The maximum Gasteiger partial charge on any atom is 0.267 e. The number of sulfonamides is 2. The van der Waals surface area contributed by atoms with Gasteiger partial charge in [0.15, 0.2) is 5.82 Å². The molecule has 0 radical (unpaired) electrons. The topological polar surface area (TPSA) is 150 Å². The number of hydrogen-bond acceptors (Lipinski definition) is 6. The summed E-state index contributed by atoms with van der Waals surface area (Å²) >= 11 is 0. The lowest BCUT2D eigenvalue weighted by atomic mass is 10.3. The predicted octanol–water partition coefficient (Wildman–Crippen LogP) is -0.549. The summed E-state index contributed by atoms with van der Waals surface area (Å²) in [5.74, 6) is -0.196. The molecule has 1 aromatic carbocycles. The molecule has 0 saturated heterocycles. The van der Waals surface area contributed by atoms with E-state index in [-0.39, 0.29) is 21.3 Å². The van der Waals surface area contributed by atoms with Gasteiger partial charge in [-0.1, -0.05) is 12.1 Å². The Balaban J connectivity index is 2.50. The molecule has 0 spiro atoms. The van der Waals surface area contributed by atoms with E-state index in [1.165, 1.54) is 42.2 Å². The Kier molecular flexibility index (Phi) is 3.65. The van der Waals surface area contributed by atoms with Crippen LogP contribution in [0.1, 0.15) is 0 Å². The van der Waals surface area contributed by atoms with Crippen LogP contribution >= 0.6 is 0 Å². The lowest BCUT2D eigenvalue weighted by Crippen LogP contribution is -2.19. The minimum atomic E-state index is -4.08. The second-order valence-electron chi connectivity index (χ2n) is 4.20. The molecule has 21 heavy (non-hydrogen) atoms. The van der Waals surface area contributed by atoms with Crippen LogP contribution in [0.5, 0.6) is 0 Å². The fourth-order valence-electron chi connectivity index (χ4n) is 1.69. The molecule has 0 amide bonds. The number of aryl methyl sites for hydroxylation is 1. The molecule has 0 bridgehead atoms. The molecule has 2 rings (SSSR count). The van der Waals surface area contributed by atoms with Gasteiger partial charge in [-0.3, -0.25) is 9.40 Å². The summed E-state index contributed by atoms with van der Waals surface area (Å²) in [6.45, 7) is 0. The third-order valence-corrected chi connectivity index (χ3v) is 4.90. The summed E-state index contributed by atoms with van der Waals surface area (Å²) in [6.07, 6.45) is 1.21. The van der Waals surface area contributed by atoms with Gasteiger partial charge in [0.25, 0.3) is 10.0 Å². The number of anilines is 2. The summed E-state index contributed by atoms with van der Waals surface area (Å²) < 4.78 is 50.7. The van der Waals surface area contributed by atoms with E-state index in [1.807, 2.05) is 0 Å².